The topological polar surface area (TPSA) is 91.8 Å². The van der Waals surface area contributed by atoms with Crippen LogP contribution in [0.1, 0.15) is 44.2 Å². The summed E-state index contributed by atoms with van der Waals surface area (Å²) < 4.78 is 25.4. The van der Waals surface area contributed by atoms with Crippen LogP contribution in [-0.4, -0.2) is 60.8 Å². The molecular weight excluding hydrogens is 412 g/mol. The molecule has 0 N–H and O–H groups in total. The maximum absolute atomic E-state index is 13.1. The largest absolute Gasteiger partial charge is 0.340 e. The SMILES string of the molecule is CC(C(=O)N1CCC(c2cccs2)S(=O)(=O)CC1)N1C(=O)c2ccccc2C1=O. The molecule has 1 saturated heterocycles. The van der Waals surface area contributed by atoms with E-state index in [4.69, 9.17) is 0 Å². The Labute approximate surface area is 172 Å². The lowest BCUT2D eigenvalue weighted by Crippen LogP contribution is -2.50. The summed E-state index contributed by atoms with van der Waals surface area (Å²) >= 11 is 1.39. The average molecular weight is 433 g/mol. The number of rotatable bonds is 3. The van der Waals surface area contributed by atoms with Gasteiger partial charge >= 0.3 is 0 Å². The van der Waals surface area contributed by atoms with Gasteiger partial charge in [0.05, 0.1) is 22.1 Å². The Hall–Kier alpha value is -2.52. The highest BCUT2D eigenvalue weighted by Crippen LogP contribution is 2.33. The van der Waals surface area contributed by atoms with Gasteiger partial charge in [-0.15, -0.1) is 11.3 Å². The number of amides is 3. The fraction of sp³-hybridized carbons (Fsp3) is 0.350. The zero-order chi connectivity index (χ0) is 20.8. The van der Waals surface area contributed by atoms with Crippen LogP contribution in [0, 0.1) is 0 Å². The highest BCUT2D eigenvalue weighted by Gasteiger charge is 2.42. The maximum Gasteiger partial charge on any atom is 0.262 e. The summed E-state index contributed by atoms with van der Waals surface area (Å²) in [4.78, 5) is 41.6. The summed E-state index contributed by atoms with van der Waals surface area (Å²) in [6.45, 7) is 1.82. The average Bonchev–Trinajstić information content (AvgIpc) is 3.27. The first-order chi connectivity index (χ1) is 13.8. The summed E-state index contributed by atoms with van der Waals surface area (Å²) in [5.74, 6) is -1.55. The number of hydrogen-bond donors (Lipinski definition) is 0. The van der Waals surface area contributed by atoms with Gasteiger partial charge in [-0.05, 0) is 36.9 Å². The van der Waals surface area contributed by atoms with E-state index in [1.807, 2.05) is 11.4 Å². The van der Waals surface area contributed by atoms with E-state index in [0.717, 1.165) is 9.78 Å². The minimum absolute atomic E-state index is 0.0521. The van der Waals surface area contributed by atoms with Crippen LogP contribution in [0.2, 0.25) is 0 Å². The van der Waals surface area contributed by atoms with E-state index >= 15 is 0 Å². The standard InChI is InChI=1S/C20H20N2O5S2/c1-13(22-19(24)14-5-2-3-6-15(14)20(22)25)18(23)21-9-8-17(16-7-4-11-28-16)29(26,27)12-10-21/h2-7,11,13,17H,8-10,12H2,1H3. The molecule has 3 amide bonds. The zero-order valence-electron chi connectivity index (χ0n) is 15.8. The molecule has 0 bridgehead atoms. The van der Waals surface area contributed by atoms with Gasteiger partial charge in [-0.2, -0.15) is 0 Å². The first-order valence-corrected chi connectivity index (χ1v) is 11.9. The van der Waals surface area contributed by atoms with Gasteiger partial charge in [-0.3, -0.25) is 19.3 Å². The van der Waals surface area contributed by atoms with Gasteiger partial charge in [0, 0.05) is 18.0 Å². The molecule has 0 radical (unpaired) electrons. The molecule has 1 fully saturated rings. The Bertz CT molecular complexity index is 1040. The molecule has 0 saturated carbocycles. The lowest BCUT2D eigenvalue weighted by molar-refractivity contribution is -0.134. The number of thiophene rings is 1. The molecule has 1 aromatic carbocycles. The highest BCUT2D eigenvalue weighted by molar-refractivity contribution is 7.91. The zero-order valence-corrected chi connectivity index (χ0v) is 17.4. The number of fused-ring (bicyclic) bond motifs is 1. The van der Waals surface area contributed by atoms with Crippen molar-refractivity contribution < 1.29 is 22.8 Å². The van der Waals surface area contributed by atoms with Crippen LogP contribution in [0.5, 0.6) is 0 Å². The van der Waals surface area contributed by atoms with Crippen LogP contribution in [0.25, 0.3) is 0 Å². The van der Waals surface area contributed by atoms with E-state index in [1.54, 1.807) is 30.3 Å². The van der Waals surface area contributed by atoms with Gasteiger partial charge < -0.3 is 4.90 Å². The van der Waals surface area contributed by atoms with Crippen LogP contribution < -0.4 is 0 Å². The molecule has 7 nitrogen and oxygen atoms in total. The number of hydrogen-bond acceptors (Lipinski definition) is 6. The van der Waals surface area contributed by atoms with E-state index in [0.29, 0.717) is 6.42 Å². The van der Waals surface area contributed by atoms with Crippen LogP contribution in [-0.2, 0) is 14.6 Å². The van der Waals surface area contributed by atoms with Crippen molar-refractivity contribution in [3.63, 3.8) is 0 Å². The third-order valence-electron chi connectivity index (χ3n) is 5.48. The molecule has 2 atom stereocenters. The Morgan fingerprint density at radius 3 is 2.31 bits per heavy atom. The third kappa shape index (κ3) is 3.38. The first kappa shape index (κ1) is 19.8. The van der Waals surface area contributed by atoms with Crippen molar-refractivity contribution in [3.05, 3.63) is 57.8 Å². The molecule has 1 aromatic heterocycles. The predicted octanol–water partition coefficient (Wildman–Crippen LogP) is 2.12. The van der Waals surface area contributed by atoms with Crippen molar-refractivity contribution in [3.8, 4) is 0 Å². The van der Waals surface area contributed by atoms with Gasteiger partial charge in [-0.1, -0.05) is 18.2 Å². The van der Waals surface area contributed by atoms with E-state index in [9.17, 15) is 22.8 Å². The molecule has 4 rings (SSSR count). The van der Waals surface area contributed by atoms with Gasteiger partial charge in [0.1, 0.15) is 6.04 Å². The van der Waals surface area contributed by atoms with Gasteiger partial charge in [0.15, 0.2) is 9.84 Å². The van der Waals surface area contributed by atoms with Gasteiger partial charge in [-0.25, -0.2) is 8.42 Å². The number of imide groups is 1. The van der Waals surface area contributed by atoms with Crippen LogP contribution in [0.3, 0.4) is 0 Å². The molecule has 152 valence electrons. The number of nitrogens with zero attached hydrogens (tertiary/aromatic N) is 2. The van der Waals surface area contributed by atoms with Crippen LogP contribution >= 0.6 is 11.3 Å². The number of carbonyl (C=O) groups is 3. The molecule has 0 aliphatic carbocycles. The van der Waals surface area contributed by atoms with Crippen molar-refractivity contribution in [2.24, 2.45) is 0 Å². The van der Waals surface area contributed by atoms with Crippen molar-refractivity contribution in [1.29, 1.82) is 0 Å². The quantitative estimate of drug-likeness (QED) is 0.693. The van der Waals surface area contributed by atoms with Gasteiger partial charge in [0.25, 0.3) is 11.8 Å². The molecule has 0 spiro atoms. The summed E-state index contributed by atoms with van der Waals surface area (Å²) in [5, 5.41) is 1.21. The maximum atomic E-state index is 13.1. The molecule has 9 heteroatoms. The lowest BCUT2D eigenvalue weighted by atomic mass is 10.1. The number of sulfone groups is 1. The van der Waals surface area contributed by atoms with Crippen LogP contribution in [0.15, 0.2) is 41.8 Å². The second kappa shape index (κ2) is 7.38. The Kier molecular flexibility index (Phi) is 5.04. The molecule has 2 aliphatic heterocycles. The van der Waals surface area contributed by atoms with Gasteiger partial charge in [0.2, 0.25) is 5.91 Å². The fourth-order valence-corrected chi connectivity index (χ4v) is 6.90. The summed E-state index contributed by atoms with van der Waals surface area (Å²) in [7, 11) is -3.39. The molecule has 29 heavy (non-hydrogen) atoms. The first-order valence-electron chi connectivity index (χ1n) is 9.32. The van der Waals surface area contributed by atoms with Crippen molar-refractivity contribution in [2.45, 2.75) is 24.6 Å². The fourth-order valence-electron chi connectivity index (χ4n) is 3.89. The number of benzene rings is 1. The summed E-state index contributed by atoms with van der Waals surface area (Å²) in [5.41, 5.74) is 0.571. The van der Waals surface area contributed by atoms with E-state index in [2.05, 4.69) is 0 Å². The van der Waals surface area contributed by atoms with Crippen molar-refractivity contribution >= 4 is 38.9 Å². The predicted molar refractivity (Wildman–Crippen MR) is 108 cm³/mol. The molecule has 2 unspecified atom stereocenters. The molecule has 2 aromatic rings. The lowest BCUT2D eigenvalue weighted by Gasteiger charge is -2.28. The monoisotopic (exact) mass is 432 g/mol. The smallest absolute Gasteiger partial charge is 0.262 e. The minimum atomic E-state index is -3.39. The normalized spacial score (nSPS) is 22.3. The van der Waals surface area contributed by atoms with Crippen molar-refractivity contribution in [1.82, 2.24) is 9.80 Å². The third-order valence-corrected chi connectivity index (χ3v) is 8.73. The van der Waals surface area contributed by atoms with E-state index in [1.165, 1.54) is 23.2 Å². The number of carbonyl (C=O) groups excluding carboxylic acids is 3. The Morgan fingerprint density at radius 1 is 1.07 bits per heavy atom. The molecular formula is C20H20N2O5S2. The summed E-state index contributed by atoms with van der Waals surface area (Å²) in [6.07, 6.45) is 0.295. The molecule has 3 heterocycles. The van der Waals surface area contributed by atoms with E-state index in [-0.39, 0.29) is 30.0 Å². The van der Waals surface area contributed by atoms with Crippen LogP contribution in [0.4, 0.5) is 0 Å². The second-order valence-electron chi connectivity index (χ2n) is 7.19. The van der Waals surface area contributed by atoms with E-state index < -0.39 is 38.9 Å². The summed E-state index contributed by atoms with van der Waals surface area (Å²) in [6, 6.07) is 9.09. The highest BCUT2D eigenvalue weighted by atomic mass is 32.2. The minimum Gasteiger partial charge on any atom is -0.340 e. The Balaban J connectivity index is 1.53. The van der Waals surface area contributed by atoms with Crippen molar-refractivity contribution in [2.75, 3.05) is 18.8 Å². The molecule has 2 aliphatic rings. The second-order valence-corrected chi connectivity index (χ2v) is 10.5. The Morgan fingerprint density at radius 2 is 1.72 bits per heavy atom.